The summed E-state index contributed by atoms with van der Waals surface area (Å²) in [6.07, 6.45) is 11.9. The molecule has 0 aromatic rings. The van der Waals surface area contributed by atoms with Crippen LogP contribution < -0.4 is 0 Å². The van der Waals surface area contributed by atoms with Gasteiger partial charge in [0.05, 0.1) is 5.60 Å². The maximum atomic E-state index is 11.6. The topological polar surface area (TPSA) is 20.2 Å². The summed E-state index contributed by atoms with van der Waals surface area (Å²) in [6.45, 7) is 13.6. The molecule has 0 unspecified atom stereocenters. The maximum Gasteiger partial charge on any atom is 0.0731 e. The van der Waals surface area contributed by atoms with Crippen LogP contribution in [0, 0.1) is 28.1 Å². The Balaban J connectivity index is 1.94. The third-order valence-electron chi connectivity index (χ3n) is 8.09. The molecule has 0 aromatic carbocycles. The molecule has 0 amide bonds. The monoisotopic (exact) mass is 290 g/mol. The Kier molecular flexibility index (Phi) is 3.41. The fraction of sp³-hybridized carbons (Fsp3) is 0.900. The lowest BCUT2D eigenvalue weighted by Gasteiger charge is -2.65. The molecule has 3 aliphatic carbocycles. The Morgan fingerprint density at radius 3 is 2.38 bits per heavy atom. The van der Waals surface area contributed by atoms with E-state index in [0.29, 0.717) is 16.7 Å². The highest BCUT2D eigenvalue weighted by molar-refractivity contribution is 5.14. The summed E-state index contributed by atoms with van der Waals surface area (Å²) >= 11 is 0. The largest absolute Gasteiger partial charge is 0.389 e. The summed E-state index contributed by atoms with van der Waals surface area (Å²) in [5, 5.41) is 11.6. The van der Waals surface area contributed by atoms with Crippen LogP contribution in [-0.2, 0) is 0 Å². The minimum Gasteiger partial charge on any atom is -0.389 e. The second-order valence-corrected chi connectivity index (χ2v) is 9.56. The van der Waals surface area contributed by atoms with E-state index in [0.717, 1.165) is 12.3 Å². The highest BCUT2D eigenvalue weighted by atomic mass is 16.3. The minimum atomic E-state index is -0.432. The molecule has 1 N–H and O–H groups in total. The van der Waals surface area contributed by atoms with Gasteiger partial charge in [0.25, 0.3) is 0 Å². The Hall–Kier alpha value is -0.300. The Labute approximate surface area is 131 Å². The first kappa shape index (κ1) is 15.6. The lowest BCUT2D eigenvalue weighted by molar-refractivity contribution is -0.225. The summed E-state index contributed by atoms with van der Waals surface area (Å²) in [5.41, 5.74) is 0.318. The van der Waals surface area contributed by atoms with Crippen molar-refractivity contribution >= 4 is 0 Å². The van der Waals surface area contributed by atoms with Crippen LogP contribution >= 0.6 is 0 Å². The van der Waals surface area contributed by atoms with Crippen molar-refractivity contribution in [3.8, 4) is 0 Å². The van der Waals surface area contributed by atoms with Gasteiger partial charge in [0.2, 0.25) is 0 Å². The molecule has 1 heteroatoms. The zero-order valence-electron chi connectivity index (χ0n) is 14.5. The molecule has 3 saturated carbocycles. The van der Waals surface area contributed by atoms with E-state index < -0.39 is 5.60 Å². The van der Waals surface area contributed by atoms with Crippen LogP contribution in [0.3, 0.4) is 0 Å². The van der Waals surface area contributed by atoms with E-state index in [1.807, 2.05) is 0 Å². The fourth-order valence-electron chi connectivity index (χ4n) is 6.19. The average molecular weight is 290 g/mol. The van der Waals surface area contributed by atoms with Crippen LogP contribution in [-0.4, -0.2) is 10.7 Å². The Bertz CT molecular complexity index is 439. The molecule has 0 aliphatic heterocycles. The summed E-state index contributed by atoms with van der Waals surface area (Å²) in [7, 11) is 0. The molecular weight excluding hydrogens is 256 g/mol. The van der Waals surface area contributed by atoms with E-state index in [4.69, 9.17) is 0 Å². The molecule has 3 aliphatic rings. The average Bonchev–Trinajstić information content (AvgIpc) is 2.42. The van der Waals surface area contributed by atoms with Gasteiger partial charge in [-0.15, -0.1) is 6.58 Å². The van der Waals surface area contributed by atoms with Gasteiger partial charge in [-0.1, -0.05) is 40.2 Å². The van der Waals surface area contributed by atoms with Gasteiger partial charge in [-0.25, -0.2) is 0 Å². The first-order valence-electron chi connectivity index (χ1n) is 9.03. The quantitative estimate of drug-likeness (QED) is 0.647. The molecule has 0 aromatic heterocycles. The summed E-state index contributed by atoms with van der Waals surface area (Å²) < 4.78 is 0. The van der Waals surface area contributed by atoms with E-state index in [1.54, 1.807) is 0 Å². The summed E-state index contributed by atoms with van der Waals surface area (Å²) in [6, 6.07) is 0. The minimum absolute atomic E-state index is 0.0864. The van der Waals surface area contributed by atoms with Gasteiger partial charge in [0.15, 0.2) is 0 Å². The standard InChI is InChI=1S/C20H34O/c1-6-18(4)12-13-19(5)15(14-18)9-11-20(21)16(19)8-7-10-17(20,2)3/h6,15-16,21H,1,7-14H2,2-5H3/t15-,16+,18-,19-,20-/m1/s1. The SMILES string of the molecule is C=C[C@]1(C)CC[C@]2(C)[C@H](CC[C@@]3(O)[C@H]2CCCC3(C)C)C1. The van der Waals surface area contributed by atoms with Crippen LogP contribution in [0.5, 0.6) is 0 Å². The smallest absolute Gasteiger partial charge is 0.0731 e. The predicted octanol–water partition coefficient (Wildman–Crippen LogP) is 5.34. The maximum absolute atomic E-state index is 11.6. The highest BCUT2D eigenvalue weighted by Gasteiger charge is 2.62. The number of hydrogen-bond acceptors (Lipinski definition) is 1. The molecule has 1 nitrogen and oxygen atoms in total. The van der Waals surface area contributed by atoms with Crippen molar-refractivity contribution in [2.45, 2.75) is 84.7 Å². The second-order valence-electron chi connectivity index (χ2n) is 9.56. The van der Waals surface area contributed by atoms with Gasteiger partial charge in [0.1, 0.15) is 0 Å². The van der Waals surface area contributed by atoms with E-state index in [-0.39, 0.29) is 5.41 Å². The zero-order chi connectivity index (χ0) is 15.5. The summed E-state index contributed by atoms with van der Waals surface area (Å²) in [4.78, 5) is 0. The lowest BCUT2D eigenvalue weighted by Crippen LogP contribution is -2.63. The molecular formula is C20H34O. The van der Waals surface area contributed by atoms with Gasteiger partial charge >= 0.3 is 0 Å². The molecule has 5 atom stereocenters. The number of fused-ring (bicyclic) bond motifs is 3. The predicted molar refractivity (Wildman–Crippen MR) is 89.1 cm³/mol. The first-order chi connectivity index (χ1) is 9.67. The Morgan fingerprint density at radius 2 is 1.71 bits per heavy atom. The fourth-order valence-corrected chi connectivity index (χ4v) is 6.19. The van der Waals surface area contributed by atoms with Crippen molar-refractivity contribution in [1.82, 2.24) is 0 Å². The third-order valence-corrected chi connectivity index (χ3v) is 8.09. The van der Waals surface area contributed by atoms with Crippen LogP contribution in [0.25, 0.3) is 0 Å². The molecule has 0 saturated heterocycles. The Morgan fingerprint density at radius 1 is 1.00 bits per heavy atom. The van der Waals surface area contributed by atoms with Crippen molar-refractivity contribution in [2.24, 2.45) is 28.1 Å². The van der Waals surface area contributed by atoms with Crippen molar-refractivity contribution in [3.63, 3.8) is 0 Å². The molecule has 3 rings (SSSR count). The van der Waals surface area contributed by atoms with Gasteiger partial charge in [-0.3, -0.25) is 0 Å². The normalized spacial score (nSPS) is 52.6. The second kappa shape index (κ2) is 4.60. The molecule has 0 heterocycles. The molecule has 3 fully saturated rings. The van der Waals surface area contributed by atoms with E-state index >= 15 is 0 Å². The molecule has 0 spiro atoms. The molecule has 120 valence electrons. The lowest BCUT2D eigenvalue weighted by atomic mass is 9.42. The van der Waals surface area contributed by atoms with Crippen LogP contribution in [0.1, 0.15) is 79.1 Å². The van der Waals surface area contributed by atoms with Crippen LogP contribution in [0.2, 0.25) is 0 Å². The van der Waals surface area contributed by atoms with Crippen LogP contribution in [0.15, 0.2) is 12.7 Å². The number of rotatable bonds is 1. The zero-order valence-corrected chi connectivity index (χ0v) is 14.5. The molecule has 21 heavy (non-hydrogen) atoms. The number of aliphatic hydroxyl groups is 1. The van der Waals surface area contributed by atoms with Crippen LogP contribution in [0.4, 0.5) is 0 Å². The van der Waals surface area contributed by atoms with Gasteiger partial charge in [-0.05, 0) is 73.0 Å². The van der Waals surface area contributed by atoms with Crippen molar-refractivity contribution in [3.05, 3.63) is 12.7 Å². The first-order valence-corrected chi connectivity index (χ1v) is 9.03. The number of allylic oxidation sites excluding steroid dienone is 1. The van der Waals surface area contributed by atoms with Gasteiger partial charge in [-0.2, -0.15) is 0 Å². The van der Waals surface area contributed by atoms with Crippen molar-refractivity contribution < 1.29 is 5.11 Å². The number of hydrogen-bond donors (Lipinski definition) is 1. The van der Waals surface area contributed by atoms with E-state index in [2.05, 4.69) is 40.3 Å². The van der Waals surface area contributed by atoms with Gasteiger partial charge in [0, 0.05) is 0 Å². The van der Waals surface area contributed by atoms with Crippen molar-refractivity contribution in [1.29, 1.82) is 0 Å². The van der Waals surface area contributed by atoms with Crippen molar-refractivity contribution in [2.75, 3.05) is 0 Å². The van der Waals surface area contributed by atoms with E-state index in [9.17, 15) is 5.11 Å². The molecule has 0 bridgehead atoms. The third kappa shape index (κ3) is 2.06. The van der Waals surface area contributed by atoms with Gasteiger partial charge < -0.3 is 5.11 Å². The summed E-state index contributed by atoms with van der Waals surface area (Å²) in [5.74, 6) is 1.27. The highest BCUT2D eigenvalue weighted by Crippen LogP contribution is 2.66. The van der Waals surface area contributed by atoms with E-state index in [1.165, 1.54) is 44.9 Å². The molecule has 0 radical (unpaired) electrons.